The SMILES string of the molecule is CC(C)C(NC(=O)[C@H](N)c1ccccc1)c1ccccc1. The van der Waals surface area contributed by atoms with Crippen LogP contribution in [0.3, 0.4) is 0 Å². The first kappa shape index (κ1) is 15.3. The number of amides is 1. The summed E-state index contributed by atoms with van der Waals surface area (Å²) in [5.41, 5.74) is 7.98. The van der Waals surface area contributed by atoms with Crippen LogP contribution in [0.1, 0.15) is 37.1 Å². The van der Waals surface area contributed by atoms with Crippen molar-refractivity contribution in [2.45, 2.75) is 25.9 Å². The van der Waals surface area contributed by atoms with Crippen LogP contribution in [0.4, 0.5) is 0 Å². The first-order chi connectivity index (χ1) is 10.1. The van der Waals surface area contributed by atoms with Crippen molar-refractivity contribution >= 4 is 5.91 Å². The number of hydrogen-bond donors (Lipinski definition) is 2. The fraction of sp³-hybridized carbons (Fsp3) is 0.278. The third-order valence-corrected chi connectivity index (χ3v) is 3.56. The van der Waals surface area contributed by atoms with Crippen LogP contribution >= 0.6 is 0 Å². The van der Waals surface area contributed by atoms with Crippen LogP contribution in [-0.2, 0) is 4.79 Å². The van der Waals surface area contributed by atoms with Gasteiger partial charge >= 0.3 is 0 Å². The monoisotopic (exact) mass is 282 g/mol. The van der Waals surface area contributed by atoms with Gasteiger partial charge in [0.1, 0.15) is 6.04 Å². The number of carbonyl (C=O) groups is 1. The molecule has 21 heavy (non-hydrogen) atoms. The number of rotatable bonds is 5. The lowest BCUT2D eigenvalue weighted by Crippen LogP contribution is -2.38. The molecule has 0 aromatic heterocycles. The molecule has 0 spiro atoms. The van der Waals surface area contributed by atoms with Gasteiger partial charge in [0.25, 0.3) is 0 Å². The molecule has 0 aliphatic heterocycles. The number of nitrogens with one attached hydrogen (secondary N) is 1. The summed E-state index contributed by atoms with van der Waals surface area (Å²) in [6.45, 7) is 4.18. The molecule has 0 bridgehead atoms. The van der Waals surface area contributed by atoms with Crippen molar-refractivity contribution in [1.82, 2.24) is 5.32 Å². The lowest BCUT2D eigenvalue weighted by Gasteiger charge is -2.24. The van der Waals surface area contributed by atoms with Gasteiger partial charge in [0.15, 0.2) is 0 Å². The average Bonchev–Trinajstić information content (AvgIpc) is 2.53. The number of carbonyl (C=O) groups excluding carboxylic acids is 1. The van der Waals surface area contributed by atoms with Gasteiger partial charge in [0, 0.05) is 0 Å². The highest BCUT2D eigenvalue weighted by atomic mass is 16.2. The first-order valence-electron chi connectivity index (χ1n) is 7.25. The molecule has 0 aliphatic rings. The Morgan fingerprint density at radius 2 is 1.38 bits per heavy atom. The highest BCUT2D eigenvalue weighted by Crippen LogP contribution is 2.22. The van der Waals surface area contributed by atoms with Crippen molar-refractivity contribution in [3.05, 3.63) is 71.8 Å². The topological polar surface area (TPSA) is 55.1 Å². The maximum Gasteiger partial charge on any atom is 0.242 e. The van der Waals surface area contributed by atoms with E-state index in [0.29, 0.717) is 5.92 Å². The van der Waals surface area contributed by atoms with E-state index in [9.17, 15) is 4.79 Å². The molecule has 3 N–H and O–H groups in total. The minimum Gasteiger partial charge on any atom is -0.347 e. The van der Waals surface area contributed by atoms with Crippen molar-refractivity contribution in [3.8, 4) is 0 Å². The summed E-state index contributed by atoms with van der Waals surface area (Å²) in [7, 11) is 0. The zero-order valence-corrected chi connectivity index (χ0v) is 12.5. The fourth-order valence-corrected chi connectivity index (χ4v) is 2.35. The first-order valence-corrected chi connectivity index (χ1v) is 7.25. The predicted octanol–water partition coefficient (Wildman–Crippen LogP) is 3.20. The summed E-state index contributed by atoms with van der Waals surface area (Å²) < 4.78 is 0. The summed E-state index contributed by atoms with van der Waals surface area (Å²) in [6, 6.07) is 18.7. The Balaban J connectivity index is 2.12. The van der Waals surface area contributed by atoms with E-state index < -0.39 is 6.04 Å². The summed E-state index contributed by atoms with van der Waals surface area (Å²) in [6.07, 6.45) is 0. The molecule has 0 aliphatic carbocycles. The van der Waals surface area contributed by atoms with Crippen LogP contribution in [0.2, 0.25) is 0 Å². The highest BCUT2D eigenvalue weighted by Gasteiger charge is 2.22. The van der Waals surface area contributed by atoms with E-state index in [1.165, 1.54) is 0 Å². The quantitative estimate of drug-likeness (QED) is 0.885. The zero-order chi connectivity index (χ0) is 15.2. The van der Waals surface area contributed by atoms with Crippen LogP contribution in [0.5, 0.6) is 0 Å². The molecule has 0 heterocycles. The Hall–Kier alpha value is -2.13. The maximum atomic E-state index is 12.4. The Morgan fingerprint density at radius 3 is 1.86 bits per heavy atom. The largest absolute Gasteiger partial charge is 0.347 e. The van der Waals surface area contributed by atoms with Crippen molar-refractivity contribution in [3.63, 3.8) is 0 Å². The van der Waals surface area contributed by atoms with Crippen molar-refractivity contribution in [2.24, 2.45) is 11.7 Å². The van der Waals surface area contributed by atoms with E-state index in [1.54, 1.807) is 0 Å². The molecule has 1 amide bonds. The smallest absolute Gasteiger partial charge is 0.242 e. The molecule has 0 radical (unpaired) electrons. The molecule has 2 rings (SSSR count). The minimum absolute atomic E-state index is 0.0338. The predicted molar refractivity (Wildman–Crippen MR) is 85.5 cm³/mol. The van der Waals surface area contributed by atoms with Gasteiger partial charge in [-0.3, -0.25) is 4.79 Å². The Bertz CT molecular complexity index is 566. The van der Waals surface area contributed by atoms with E-state index in [0.717, 1.165) is 11.1 Å². The normalized spacial score (nSPS) is 13.7. The van der Waals surface area contributed by atoms with Gasteiger partial charge in [-0.1, -0.05) is 74.5 Å². The van der Waals surface area contributed by atoms with Crippen LogP contribution in [-0.4, -0.2) is 5.91 Å². The molecule has 1 unspecified atom stereocenters. The van der Waals surface area contributed by atoms with E-state index in [2.05, 4.69) is 19.2 Å². The van der Waals surface area contributed by atoms with Gasteiger partial charge in [0.2, 0.25) is 5.91 Å². The van der Waals surface area contributed by atoms with Gasteiger partial charge in [0.05, 0.1) is 6.04 Å². The third-order valence-electron chi connectivity index (χ3n) is 3.56. The average molecular weight is 282 g/mol. The van der Waals surface area contributed by atoms with Gasteiger partial charge in [-0.05, 0) is 17.0 Å². The summed E-state index contributed by atoms with van der Waals surface area (Å²) in [4.78, 5) is 12.4. The minimum atomic E-state index is -0.642. The van der Waals surface area contributed by atoms with E-state index in [4.69, 9.17) is 5.73 Å². The Kier molecular flexibility index (Phi) is 5.12. The van der Waals surface area contributed by atoms with Crippen LogP contribution in [0, 0.1) is 5.92 Å². The second kappa shape index (κ2) is 7.04. The van der Waals surface area contributed by atoms with E-state index >= 15 is 0 Å². The summed E-state index contributed by atoms with van der Waals surface area (Å²) >= 11 is 0. The van der Waals surface area contributed by atoms with Gasteiger partial charge in [-0.25, -0.2) is 0 Å². The van der Waals surface area contributed by atoms with E-state index in [-0.39, 0.29) is 11.9 Å². The van der Waals surface area contributed by atoms with E-state index in [1.807, 2.05) is 60.7 Å². The maximum absolute atomic E-state index is 12.4. The fourth-order valence-electron chi connectivity index (χ4n) is 2.35. The summed E-state index contributed by atoms with van der Waals surface area (Å²) in [5.74, 6) is 0.142. The number of hydrogen-bond acceptors (Lipinski definition) is 2. The van der Waals surface area contributed by atoms with Crippen molar-refractivity contribution < 1.29 is 4.79 Å². The molecule has 3 heteroatoms. The van der Waals surface area contributed by atoms with Crippen molar-refractivity contribution in [2.75, 3.05) is 0 Å². The molecule has 2 aromatic carbocycles. The molecule has 2 atom stereocenters. The van der Waals surface area contributed by atoms with Gasteiger partial charge < -0.3 is 11.1 Å². The van der Waals surface area contributed by atoms with Crippen molar-refractivity contribution in [1.29, 1.82) is 0 Å². The second-order valence-electron chi connectivity index (χ2n) is 5.53. The number of nitrogens with two attached hydrogens (primary N) is 1. The standard InChI is InChI=1S/C18H22N2O/c1-13(2)17(15-11-7-4-8-12-15)20-18(21)16(19)14-9-5-3-6-10-14/h3-13,16-17H,19H2,1-2H3,(H,20,21)/t16-,17?/m1/s1. The molecule has 0 saturated heterocycles. The second-order valence-corrected chi connectivity index (χ2v) is 5.53. The molecule has 3 nitrogen and oxygen atoms in total. The van der Waals surface area contributed by atoms with Crippen LogP contribution < -0.4 is 11.1 Å². The highest BCUT2D eigenvalue weighted by molar-refractivity contribution is 5.83. The number of benzene rings is 2. The summed E-state index contributed by atoms with van der Waals surface area (Å²) in [5, 5.41) is 3.07. The molecule has 2 aromatic rings. The Labute approximate surface area is 126 Å². The molecule has 0 saturated carbocycles. The molecular formula is C18H22N2O. The zero-order valence-electron chi connectivity index (χ0n) is 12.5. The lowest BCUT2D eigenvalue weighted by molar-refractivity contribution is -0.123. The van der Waals surface area contributed by atoms with Crippen LogP contribution in [0.25, 0.3) is 0 Å². The lowest BCUT2D eigenvalue weighted by atomic mass is 9.95. The molecule has 0 fully saturated rings. The molecular weight excluding hydrogens is 260 g/mol. The van der Waals surface area contributed by atoms with Gasteiger partial charge in [-0.15, -0.1) is 0 Å². The molecule has 110 valence electrons. The Morgan fingerprint density at radius 1 is 0.905 bits per heavy atom. The third kappa shape index (κ3) is 3.92. The van der Waals surface area contributed by atoms with Crippen LogP contribution in [0.15, 0.2) is 60.7 Å². The van der Waals surface area contributed by atoms with Gasteiger partial charge in [-0.2, -0.15) is 0 Å².